The Balaban J connectivity index is 1.07. The van der Waals surface area contributed by atoms with Crippen LogP contribution < -0.4 is 9.64 Å². The zero-order chi connectivity index (χ0) is 34.2. The molecule has 4 nitrogen and oxygen atoms in total. The molecule has 0 atom stereocenters. The lowest BCUT2D eigenvalue weighted by atomic mass is 9.99. The SMILES string of the molecule is c1ccc(-c2ccc(N3c4ccc(-c5cccc6c5oc5ccccc56)cc4Oc4cc(-c5cccc6c5oc5ccccc56)ccc43)cc2)cc1. The number of fused-ring (bicyclic) bond motifs is 8. The predicted molar refractivity (Wildman–Crippen MR) is 212 cm³/mol. The highest BCUT2D eigenvalue weighted by Crippen LogP contribution is 2.53. The van der Waals surface area contributed by atoms with Crippen molar-refractivity contribution in [2.45, 2.75) is 0 Å². The topological polar surface area (TPSA) is 38.8 Å². The monoisotopic (exact) mass is 667 g/mol. The Bertz CT molecular complexity index is 2830. The number of benzene rings is 8. The van der Waals surface area contributed by atoms with Crippen molar-refractivity contribution in [1.29, 1.82) is 0 Å². The molecule has 0 saturated heterocycles. The van der Waals surface area contributed by atoms with Crippen LogP contribution in [0.15, 0.2) is 185 Å². The molecule has 1 aliphatic rings. The summed E-state index contributed by atoms with van der Waals surface area (Å²) in [7, 11) is 0. The first-order valence-electron chi connectivity index (χ1n) is 17.5. The molecule has 0 amide bonds. The van der Waals surface area contributed by atoms with E-state index in [0.29, 0.717) is 0 Å². The summed E-state index contributed by atoms with van der Waals surface area (Å²) in [6.07, 6.45) is 0. The van der Waals surface area contributed by atoms with Crippen molar-refractivity contribution in [3.8, 4) is 44.9 Å². The molecule has 10 aromatic rings. The minimum Gasteiger partial charge on any atom is -0.455 e. The van der Waals surface area contributed by atoms with Gasteiger partial charge in [-0.25, -0.2) is 0 Å². The van der Waals surface area contributed by atoms with Gasteiger partial charge in [0.05, 0.1) is 11.4 Å². The molecule has 0 saturated carbocycles. The summed E-state index contributed by atoms with van der Waals surface area (Å²) in [5, 5.41) is 4.42. The second-order valence-electron chi connectivity index (χ2n) is 13.3. The first-order chi connectivity index (χ1) is 25.8. The van der Waals surface area contributed by atoms with Crippen molar-refractivity contribution in [3.05, 3.63) is 176 Å². The molecule has 0 unspecified atom stereocenters. The van der Waals surface area contributed by atoms with Crippen LogP contribution in [-0.4, -0.2) is 0 Å². The van der Waals surface area contributed by atoms with E-state index in [-0.39, 0.29) is 0 Å². The molecule has 52 heavy (non-hydrogen) atoms. The van der Waals surface area contributed by atoms with E-state index in [4.69, 9.17) is 13.6 Å². The summed E-state index contributed by atoms with van der Waals surface area (Å²) in [4.78, 5) is 2.29. The van der Waals surface area contributed by atoms with Crippen LogP contribution >= 0.6 is 0 Å². The first-order valence-corrected chi connectivity index (χ1v) is 17.5. The molecular formula is C48H29NO3. The zero-order valence-corrected chi connectivity index (χ0v) is 27.9. The van der Waals surface area contributed by atoms with Gasteiger partial charge in [0.2, 0.25) is 0 Å². The van der Waals surface area contributed by atoms with E-state index in [1.807, 2.05) is 30.3 Å². The third-order valence-corrected chi connectivity index (χ3v) is 10.3. The van der Waals surface area contributed by atoms with Crippen molar-refractivity contribution >= 4 is 60.9 Å². The molecule has 8 aromatic carbocycles. The number of ether oxygens (including phenoxy) is 1. The predicted octanol–water partition coefficient (Wildman–Crippen LogP) is 14.1. The molecule has 0 radical (unpaired) electrons. The third-order valence-electron chi connectivity index (χ3n) is 10.3. The van der Waals surface area contributed by atoms with Crippen molar-refractivity contribution in [2.24, 2.45) is 0 Å². The molecule has 0 spiro atoms. The highest BCUT2D eigenvalue weighted by molar-refractivity contribution is 6.11. The second kappa shape index (κ2) is 11.2. The van der Waals surface area contributed by atoms with Crippen molar-refractivity contribution in [1.82, 2.24) is 0 Å². The van der Waals surface area contributed by atoms with Gasteiger partial charge in [0, 0.05) is 38.4 Å². The van der Waals surface area contributed by atoms with Crippen molar-refractivity contribution in [2.75, 3.05) is 4.90 Å². The van der Waals surface area contributed by atoms with Gasteiger partial charge in [-0.15, -0.1) is 0 Å². The average Bonchev–Trinajstić information content (AvgIpc) is 3.79. The van der Waals surface area contributed by atoms with Crippen LogP contribution in [0.25, 0.3) is 77.3 Å². The normalized spacial score (nSPS) is 12.3. The van der Waals surface area contributed by atoms with E-state index in [1.54, 1.807) is 0 Å². The summed E-state index contributed by atoms with van der Waals surface area (Å²) in [5.74, 6) is 1.54. The van der Waals surface area contributed by atoms with E-state index in [1.165, 1.54) is 11.1 Å². The molecule has 0 N–H and O–H groups in total. The van der Waals surface area contributed by atoms with Crippen LogP contribution in [0.4, 0.5) is 17.1 Å². The Labute approximate surface area is 299 Å². The third kappa shape index (κ3) is 4.41. The van der Waals surface area contributed by atoms with E-state index in [2.05, 4.69) is 150 Å². The molecule has 0 fully saturated rings. The molecule has 4 heteroatoms. The fraction of sp³-hybridized carbons (Fsp3) is 0. The first kappa shape index (κ1) is 28.8. The summed E-state index contributed by atoms with van der Waals surface area (Å²) in [6.45, 7) is 0. The van der Waals surface area contributed by atoms with E-state index < -0.39 is 0 Å². The van der Waals surface area contributed by atoms with Gasteiger partial charge in [-0.1, -0.05) is 127 Å². The number of hydrogen-bond acceptors (Lipinski definition) is 4. The van der Waals surface area contributed by atoms with Gasteiger partial charge < -0.3 is 18.5 Å². The molecule has 3 heterocycles. The Morgan fingerprint density at radius 1 is 0.346 bits per heavy atom. The fourth-order valence-corrected chi connectivity index (χ4v) is 7.81. The Morgan fingerprint density at radius 2 is 0.808 bits per heavy atom. The van der Waals surface area contributed by atoms with Crippen LogP contribution in [0.5, 0.6) is 11.5 Å². The maximum absolute atomic E-state index is 6.89. The number of anilines is 3. The molecule has 0 bridgehead atoms. The Hall–Kier alpha value is -7.04. The van der Waals surface area contributed by atoms with E-state index in [0.717, 1.165) is 94.7 Å². The van der Waals surface area contributed by atoms with Gasteiger partial charge in [0.15, 0.2) is 11.5 Å². The molecule has 2 aromatic heterocycles. The standard InChI is InChI=1S/C48H29NO3/c1-2-10-30(11-3-1)31-20-24-34(25-21-31)49-41-26-22-32(35-14-8-16-39-37-12-4-6-18-43(37)51-47(35)39)28-45(41)50-46-29-33(23-27-42(46)49)36-15-9-17-40-38-13-5-7-19-44(38)52-48(36)40/h1-29H. The van der Waals surface area contributed by atoms with Crippen LogP contribution in [0, 0.1) is 0 Å². The Morgan fingerprint density at radius 3 is 1.37 bits per heavy atom. The number of furan rings is 2. The summed E-state index contributed by atoms with van der Waals surface area (Å²) < 4.78 is 19.8. The summed E-state index contributed by atoms with van der Waals surface area (Å²) in [6, 6.07) is 61.2. The number of rotatable bonds is 4. The van der Waals surface area contributed by atoms with Gasteiger partial charge >= 0.3 is 0 Å². The van der Waals surface area contributed by atoms with Gasteiger partial charge in [0.25, 0.3) is 0 Å². The van der Waals surface area contributed by atoms with Gasteiger partial charge in [-0.2, -0.15) is 0 Å². The Kier molecular flexibility index (Phi) is 6.22. The van der Waals surface area contributed by atoms with Crippen LogP contribution in [-0.2, 0) is 0 Å². The minimum absolute atomic E-state index is 0.768. The van der Waals surface area contributed by atoms with Crippen molar-refractivity contribution < 1.29 is 13.6 Å². The smallest absolute Gasteiger partial charge is 0.152 e. The molecule has 11 rings (SSSR count). The largest absolute Gasteiger partial charge is 0.455 e. The van der Waals surface area contributed by atoms with Crippen LogP contribution in [0.1, 0.15) is 0 Å². The van der Waals surface area contributed by atoms with Gasteiger partial charge in [-0.3, -0.25) is 0 Å². The van der Waals surface area contributed by atoms with Crippen molar-refractivity contribution in [3.63, 3.8) is 0 Å². The van der Waals surface area contributed by atoms with E-state index >= 15 is 0 Å². The zero-order valence-electron chi connectivity index (χ0n) is 27.9. The second-order valence-corrected chi connectivity index (χ2v) is 13.3. The summed E-state index contributed by atoms with van der Waals surface area (Å²) in [5.41, 5.74) is 12.9. The van der Waals surface area contributed by atoms with Gasteiger partial charge in [0.1, 0.15) is 22.3 Å². The van der Waals surface area contributed by atoms with Crippen LogP contribution in [0.3, 0.4) is 0 Å². The summed E-state index contributed by atoms with van der Waals surface area (Å²) >= 11 is 0. The molecular weight excluding hydrogens is 639 g/mol. The molecule has 244 valence electrons. The maximum Gasteiger partial charge on any atom is 0.152 e. The quantitative estimate of drug-likeness (QED) is 0.187. The lowest BCUT2D eigenvalue weighted by Gasteiger charge is -2.33. The average molecular weight is 668 g/mol. The minimum atomic E-state index is 0.768. The highest BCUT2D eigenvalue weighted by Gasteiger charge is 2.28. The number of hydrogen-bond donors (Lipinski definition) is 0. The number of para-hydroxylation sites is 4. The maximum atomic E-state index is 6.89. The highest BCUT2D eigenvalue weighted by atomic mass is 16.5. The van der Waals surface area contributed by atoms with E-state index in [9.17, 15) is 0 Å². The molecule has 1 aliphatic heterocycles. The lowest BCUT2D eigenvalue weighted by Crippen LogP contribution is -2.16. The lowest BCUT2D eigenvalue weighted by molar-refractivity contribution is 0.477. The van der Waals surface area contributed by atoms with Gasteiger partial charge in [-0.05, 0) is 70.8 Å². The van der Waals surface area contributed by atoms with Crippen LogP contribution in [0.2, 0.25) is 0 Å². The number of nitrogens with zero attached hydrogens (tertiary/aromatic N) is 1. The molecule has 0 aliphatic carbocycles. The fourth-order valence-electron chi connectivity index (χ4n) is 7.81.